The van der Waals surface area contributed by atoms with Gasteiger partial charge in [-0.3, -0.25) is 9.69 Å². The molecule has 0 aliphatic carbocycles. The van der Waals surface area contributed by atoms with Gasteiger partial charge in [-0.05, 0) is 49.7 Å². The van der Waals surface area contributed by atoms with Crippen LogP contribution >= 0.6 is 0 Å². The number of carbonyl (C=O) groups is 1. The fourth-order valence-electron chi connectivity index (χ4n) is 3.97. The van der Waals surface area contributed by atoms with E-state index < -0.39 is 36.7 Å². The standard InChI is InChI=1S/C24H23F4N3O4/c25-9-12-34-20-6-5-18(13-19(20)24(26,27)28)22-29-21(30-35-22)16-3-1-15(2-4-16)14-31-10-7-17(8-11-31)23(32)33/h1-6,13,17H,7-12,14H2,(H,32,33). The van der Waals surface area contributed by atoms with Gasteiger partial charge in [-0.2, -0.15) is 18.2 Å². The van der Waals surface area contributed by atoms with Crippen LogP contribution in [0.15, 0.2) is 47.0 Å². The first-order valence-electron chi connectivity index (χ1n) is 11.0. The van der Waals surface area contributed by atoms with Crippen molar-refractivity contribution in [3.8, 4) is 28.6 Å². The van der Waals surface area contributed by atoms with Gasteiger partial charge in [-0.1, -0.05) is 29.4 Å². The largest absolute Gasteiger partial charge is 0.490 e. The number of halogens is 4. The summed E-state index contributed by atoms with van der Waals surface area (Å²) in [5.41, 5.74) is 0.669. The number of rotatable bonds is 8. The van der Waals surface area contributed by atoms with Crippen molar-refractivity contribution in [2.45, 2.75) is 25.6 Å². The van der Waals surface area contributed by atoms with Crippen LogP contribution in [0.25, 0.3) is 22.8 Å². The van der Waals surface area contributed by atoms with Gasteiger partial charge in [-0.15, -0.1) is 0 Å². The molecule has 0 spiro atoms. The highest BCUT2D eigenvalue weighted by molar-refractivity contribution is 5.70. The van der Waals surface area contributed by atoms with Crippen LogP contribution in [-0.4, -0.2) is 52.5 Å². The molecule has 1 fully saturated rings. The lowest BCUT2D eigenvalue weighted by Gasteiger charge is -2.30. The first-order chi connectivity index (χ1) is 16.7. The summed E-state index contributed by atoms with van der Waals surface area (Å²) in [7, 11) is 0. The van der Waals surface area contributed by atoms with E-state index in [1.54, 1.807) is 12.1 Å². The molecule has 3 aromatic rings. The molecule has 1 aliphatic heterocycles. The number of piperidine rings is 1. The second-order valence-corrected chi connectivity index (χ2v) is 8.25. The molecule has 2 aromatic carbocycles. The third-order valence-corrected chi connectivity index (χ3v) is 5.85. The number of hydrogen-bond acceptors (Lipinski definition) is 6. The molecule has 1 aliphatic rings. The second kappa shape index (κ2) is 10.4. The van der Waals surface area contributed by atoms with Crippen molar-refractivity contribution < 1.29 is 36.7 Å². The zero-order valence-electron chi connectivity index (χ0n) is 18.6. The lowest BCUT2D eigenvalue weighted by molar-refractivity contribution is -0.143. The van der Waals surface area contributed by atoms with E-state index in [1.165, 1.54) is 6.07 Å². The van der Waals surface area contributed by atoms with Crippen molar-refractivity contribution in [3.63, 3.8) is 0 Å². The van der Waals surface area contributed by atoms with E-state index in [1.807, 2.05) is 12.1 Å². The van der Waals surface area contributed by atoms with E-state index in [0.29, 0.717) is 38.0 Å². The zero-order chi connectivity index (χ0) is 25.0. The summed E-state index contributed by atoms with van der Waals surface area (Å²) in [5, 5.41) is 13.0. The van der Waals surface area contributed by atoms with Crippen LogP contribution in [0.2, 0.25) is 0 Å². The smallest absolute Gasteiger partial charge is 0.419 e. The summed E-state index contributed by atoms with van der Waals surface area (Å²) >= 11 is 0. The number of nitrogens with zero attached hydrogens (tertiary/aromatic N) is 3. The van der Waals surface area contributed by atoms with Crippen molar-refractivity contribution in [2.75, 3.05) is 26.4 Å². The van der Waals surface area contributed by atoms with Crippen molar-refractivity contribution in [2.24, 2.45) is 5.92 Å². The van der Waals surface area contributed by atoms with Crippen LogP contribution in [-0.2, 0) is 17.5 Å². The summed E-state index contributed by atoms with van der Waals surface area (Å²) in [6.45, 7) is 0.716. The quantitative estimate of drug-likeness (QED) is 0.439. The summed E-state index contributed by atoms with van der Waals surface area (Å²) in [5.74, 6) is -1.37. The Morgan fingerprint density at radius 2 is 1.80 bits per heavy atom. The van der Waals surface area contributed by atoms with Gasteiger partial charge in [-0.25, -0.2) is 4.39 Å². The van der Waals surface area contributed by atoms with Crippen LogP contribution in [0.4, 0.5) is 17.6 Å². The van der Waals surface area contributed by atoms with Crippen LogP contribution in [0.1, 0.15) is 24.0 Å². The normalized spacial score (nSPS) is 15.3. The summed E-state index contributed by atoms with van der Waals surface area (Å²) in [6, 6.07) is 10.7. The molecule has 1 aromatic heterocycles. The maximum atomic E-state index is 13.4. The molecule has 186 valence electrons. The number of ether oxygens (including phenoxy) is 1. The first kappa shape index (κ1) is 24.6. The summed E-state index contributed by atoms with van der Waals surface area (Å²) in [4.78, 5) is 17.5. The number of alkyl halides is 4. The molecule has 0 unspecified atom stereocenters. The predicted molar refractivity (Wildman–Crippen MR) is 117 cm³/mol. The molecular weight excluding hydrogens is 470 g/mol. The Morgan fingerprint density at radius 3 is 2.43 bits per heavy atom. The summed E-state index contributed by atoms with van der Waals surface area (Å²) < 4.78 is 62.7. The fraction of sp³-hybridized carbons (Fsp3) is 0.375. The number of carboxylic acid groups (broad SMARTS) is 1. The van der Waals surface area contributed by atoms with Crippen LogP contribution < -0.4 is 4.74 Å². The van der Waals surface area contributed by atoms with E-state index in [0.717, 1.165) is 17.7 Å². The predicted octanol–water partition coefficient (Wildman–Crippen LogP) is 5.07. The Kier molecular flexibility index (Phi) is 7.34. The van der Waals surface area contributed by atoms with Crippen molar-refractivity contribution in [1.82, 2.24) is 15.0 Å². The highest BCUT2D eigenvalue weighted by atomic mass is 19.4. The van der Waals surface area contributed by atoms with Crippen LogP contribution in [0.3, 0.4) is 0 Å². The molecule has 1 saturated heterocycles. The highest BCUT2D eigenvalue weighted by Crippen LogP contribution is 2.39. The van der Waals surface area contributed by atoms with Gasteiger partial charge >= 0.3 is 12.1 Å². The Labute approximate surface area is 198 Å². The monoisotopic (exact) mass is 493 g/mol. The molecule has 0 radical (unpaired) electrons. The van der Waals surface area contributed by atoms with Gasteiger partial charge in [0.25, 0.3) is 5.89 Å². The molecule has 0 amide bonds. The van der Waals surface area contributed by atoms with Crippen LogP contribution in [0, 0.1) is 5.92 Å². The molecule has 11 heteroatoms. The molecule has 0 saturated carbocycles. The Morgan fingerprint density at radius 1 is 1.11 bits per heavy atom. The Bertz CT molecular complexity index is 1160. The third-order valence-electron chi connectivity index (χ3n) is 5.85. The Balaban J connectivity index is 1.45. The second-order valence-electron chi connectivity index (χ2n) is 8.25. The minimum atomic E-state index is -4.71. The van der Waals surface area contributed by atoms with E-state index >= 15 is 0 Å². The molecule has 4 rings (SSSR count). The first-order valence-corrected chi connectivity index (χ1v) is 11.0. The van der Waals surface area contributed by atoms with Crippen LogP contribution in [0.5, 0.6) is 5.75 Å². The highest BCUT2D eigenvalue weighted by Gasteiger charge is 2.35. The van der Waals surface area contributed by atoms with Gasteiger partial charge in [0.15, 0.2) is 0 Å². The number of likely N-dealkylation sites (tertiary alicyclic amines) is 1. The number of benzene rings is 2. The van der Waals surface area contributed by atoms with Gasteiger partial charge in [0.2, 0.25) is 5.82 Å². The van der Waals surface area contributed by atoms with Crippen molar-refractivity contribution in [3.05, 3.63) is 53.6 Å². The number of aliphatic carboxylic acids is 1. The maximum Gasteiger partial charge on any atom is 0.419 e. The van der Waals surface area contributed by atoms with Crippen molar-refractivity contribution >= 4 is 5.97 Å². The topological polar surface area (TPSA) is 88.7 Å². The molecule has 1 N–H and O–H groups in total. The number of carboxylic acids is 1. The SMILES string of the molecule is O=C(O)C1CCN(Cc2ccc(-c3noc(-c4ccc(OCCF)c(C(F)(F)F)c4)n3)cc2)CC1. The molecular formula is C24H23F4N3O4. The third kappa shape index (κ3) is 5.97. The zero-order valence-corrected chi connectivity index (χ0v) is 18.6. The fourth-order valence-corrected chi connectivity index (χ4v) is 3.97. The lowest BCUT2D eigenvalue weighted by Crippen LogP contribution is -2.35. The molecule has 0 atom stereocenters. The van der Waals surface area contributed by atoms with E-state index in [-0.39, 0.29) is 23.2 Å². The van der Waals surface area contributed by atoms with Gasteiger partial charge in [0.1, 0.15) is 19.0 Å². The number of aromatic nitrogens is 2. The average molecular weight is 493 g/mol. The Hall–Kier alpha value is -3.47. The average Bonchev–Trinajstić information content (AvgIpc) is 3.33. The van der Waals surface area contributed by atoms with Gasteiger partial charge in [0.05, 0.1) is 11.5 Å². The van der Waals surface area contributed by atoms with E-state index in [2.05, 4.69) is 15.0 Å². The minimum Gasteiger partial charge on any atom is -0.490 e. The van der Waals surface area contributed by atoms with E-state index in [4.69, 9.17) is 14.4 Å². The summed E-state index contributed by atoms with van der Waals surface area (Å²) in [6.07, 6.45) is -3.46. The maximum absolute atomic E-state index is 13.4. The molecule has 35 heavy (non-hydrogen) atoms. The van der Waals surface area contributed by atoms with Crippen molar-refractivity contribution in [1.29, 1.82) is 0 Å². The molecule has 0 bridgehead atoms. The van der Waals surface area contributed by atoms with E-state index in [9.17, 15) is 22.4 Å². The number of hydrogen-bond donors (Lipinski definition) is 1. The molecule has 7 nitrogen and oxygen atoms in total. The lowest BCUT2D eigenvalue weighted by atomic mass is 9.97. The minimum absolute atomic E-state index is 0.0602. The van der Waals surface area contributed by atoms with Gasteiger partial charge < -0.3 is 14.4 Å². The molecule has 2 heterocycles. The van der Waals surface area contributed by atoms with Gasteiger partial charge in [0, 0.05) is 17.7 Å².